The maximum atomic E-state index is 12.6. The molecule has 136 valence electrons. The molecule has 3 rings (SSSR count). The van der Waals surface area contributed by atoms with E-state index in [1.54, 1.807) is 37.5 Å². The number of nitrogens with zero attached hydrogens (tertiary/aromatic N) is 3. The Bertz CT molecular complexity index is 1040. The molecular formula is C18H19ClN4O3. The van der Waals surface area contributed by atoms with Crippen LogP contribution in [0.1, 0.15) is 18.5 Å². The molecule has 2 N–H and O–H groups in total. The third-order valence-corrected chi connectivity index (χ3v) is 4.60. The van der Waals surface area contributed by atoms with Gasteiger partial charge in [-0.2, -0.15) is 0 Å². The van der Waals surface area contributed by atoms with Crippen molar-refractivity contribution < 1.29 is 9.90 Å². The SMILES string of the molecule is Cc1c(Cl)ccc2nc(-c3cccn(C)c3=O)c(NCCCC(=O)O)n12. The lowest BCUT2D eigenvalue weighted by Gasteiger charge is -2.11. The molecule has 7 nitrogen and oxygen atoms in total. The summed E-state index contributed by atoms with van der Waals surface area (Å²) >= 11 is 6.25. The molecule has 0 fully saturated rings. The lowest BCUT2D eigenvalue weighted by molar-refractivity contribution is -0.137. The summed E-state index contributed by atoms with van der Waals surface area (Å²) in [4.78, 5) is 27.9. The van der Waals surface area contributed by atoms with Gasteiger partial charge in [-0.25, -0.2) is 4.98 Å². The van der Waals surface area contributed by atoms with E-state index >= 15 is 0 Å². The van der Waals surface area contributed by atoms with Gasteiger partial charge in [0, 0.05) is 31.9 Å². The zero-order valence-electron chi connectivity index (χ0n) is 14.5. The van der Waals surface area contributed by atoms with E-state index in [0.717, 1.165) is 5.69 Å². The molecule has 0 unspecified atom stereocenters. The number of aromatic nitrogens is 3. The standard InChI is InChI=1S/C18H19ClN4O3/c1-11-13(19)7-8-14-21-16(12-5-4-10-22(2)18(12)26)17(23(11)14)20-9-3-6-15(24)25/h4-5,7-8,10,20H,3,6,9H2,1-2H3,(H,24,25). The normalized spacial score (nSPS) is 11.0. The van der Waals surface area contributed by atoms with E-state index in [2.05, 4.69) is 10.3 Å². The molecule has 0 amide bonds. The van der Waals surface area contributed by atoms with Gasteiger partial charge in [0.25, 0.3) is 5.56 Å². The number of fused-ring (bicyclic) bond motifs is 1. The number of hydrogen-bond acceptors (Lipinski definition) is 4. The third-order valence-electron chi connectivity index (χ3n) is 4.20. The Morgan fingerprint density at radius 2 is 2.12 bits per heavy atom. The summed E-state index contributed by atoms with van der Waals surface area (Å²) in [5, 5.41) is 12.6. The third kappa shape index (κ3) is 3.30. The van der Waals surface area contributed by atoms with Gasteiger partial charge < -0.3 is 15.0 Å². The Labute approximate surface area is 154 Å². The summed E-state index contributed by atoms with van der Waals surface area (Å²) in [6, 6.07) is 7.06. The molecule has 26 heavy (non-hydrogen) atoms. The predicted octanol–water partition coefficient (Wildman–Crippen LogP) is 2.94. The minimum Gasteiger partial charge on any atom is -0.481 e. The first-order valence-corrected chi connectivity index (χ1v) is 8.57. The van der Waals surface area contributed by atoms with E-state index in [0.29, 0.717) is 40.7 Å². The fourth-order valence-corrected chi connectivity index (χ4v) is 2.99. The van der Waals surface area contributed by atoms with Crippen molar-refractivity contribution >= 4 is 29.0 Å². The second-order valence-electron chi connectivity index (χ2n) is 6.03. The summed E-state index contributed by atoms with van der Waals surface area (Å²) in [5.74, 6) is -0.213. The minimum atomic E-state index is -0.846. The monoisotopic (exact) mass is 374 g/mol. The van der Waals surface area contributed by atoms with Crippen molar-refractivity contribution in [1.82, 2.24) is 14.0 Å². The number of halogens is 1. The average molecular weight is 375 g/mol. The van der Waals surface area contributed by atoms with Gasteiger partial charge in [-0.1, -0.05) is 11.6 Å². The number of rotatable bonds is 6. The molecule has 0 saturated carbocycles. The van der Waals surface area contributed by atoms with Gasteiger partial charge in [-0.15, -0.1) is 0 Å². The molecule has 0 radical (unpaired) electrons. The van der Waals surface area contributed by atoms with Gasteiger partial charge in [0.05, 0.1) is 10.6 Å². The number of nitrogens with one attached hydrogen (secondary N) is 1. The molecule has 8 heteroatoms. The summed E-state index contributed by atoms with van der Waals surface area (Å²) in [5.41, 5.74) is 2.28. The highest BCUT2D eigenvalue weighted by Gasteiger charge is 2.19. The number of carbonyl (C=O) groups is 1. The maximum absolute atomic E-state index is 12.6. The average Bonchev–Trinajstić information content (AvgIpc) is 2.96. The Hall–Kier alpha value is -2.80. The Morgan fingerprint density at radius 3 is 2.85 bits per heavy atom. The Balaban J connectivity index is 2.14. The van der Waals surface area contributed by atoms with Crippen LogP contribution < -0.4 is 10.9 Å². The van der Waals surface area contributed by atoms with Crippen molar-refractivity contribution in [2.45, 2.75) is 19.8 Å². The van der Waals surface area contributed by atoms with Crippen molar-refractivity contribution in [3.8, 4) is 11.3 Å². The van der Waals surface area contributed by atoms with Crippen LogP contribution in [-0.2, 0) is 11.8 Å². The minimum absolute atomic E-state index is 0.0614. The summed E-state index contributed by atoms with van der Waals surface area (Å²) in [6.07, 6.45) is 2.20. The van der Waals surface area contributed by atoms with Crippen molar-refractivity contribution in [1.29, 1.82) is 0 Å². The molecule has 0 aromatic carbocycles. The molecule has 3 aromatic rings. The number of imidazole rings is 1. The van der Waals surface area contributed by atoms with Gasteiger partial charge in [0.1, 0.15) is 17.2 Å². The van der Waals surface area contributed by atoms with E-state index in [4.69, 9.17) is 16.7 Å². The molecule has 0 bridgehead atoms. The van der Waals surface area contributed by atoms with Gasteiger partial charge >= 0.3 is 5.97 Å². The molecule has 0 aliphatic heterocycles. The van der Waals surface area contributed by atoms with Crippen LogP contribution in [-0.4, -0.2) is 31.6 Å². The van der Waals surface area contributed by atoms with E-state index in [-0.39, 0.29) is 12.0 Å². The van der Waals surface area contributed by atoms with Gasteiger partial charge in [0.2, 0.25) is 0 Å². The molecular weight excluding hydrogens is 356 g/mol. The molecule has 0 aliphatic rings. The highest BCUT2D eigenvalue weighted by molar-refractivity contribution is 6.31. The molecule has 0 aliphatic carbocycles. The highest BCUT2D eigenvalue weighted by Crippen LogP contribution is 2.30. The largest absolute Gasteiger partial charge is 0.481 e. The van der Waals surface area contributed by atoms with E-state index in [9.17, 15) is 9.59 Å². The number of carboxylic acids is 1. The van der Waals surface area contributed by atoms with Crippen molar-refractivity contribution in [3.05, 3.63) is 51.5 Å². The fourth-order valence-electron chi connectivity index (χ4n) is 2.84. The van der Waals surface area contributed by atoms with Crippen LogP contribution in [0.5, 0.6) is 0 Å². The molecule has 0 saturated heterocycles. The van der Waals surface area contributed by atoms with Crippen LogP contribution in [0.4, 0.5) is 5.82 Å². The van der Waals surface area contributed by atoms with Crippen LogP contribution in [0.2, 0.25) is 5.02 Å². The van der Waals surface area contributed by atoms with E-state index in [1.165, 1.54) is 4.57 Å². The number of carboxylic acid groups (broad SMARTS) is 1. The van der Waals surface area contributed by atoms with Crippen LogP contribution in [0.3, 0.4) is 0 Å². The zero-order valence-corrected chi connectivity index (χ0v) is 15.2. The number of anilines is 1. The van der Waals surface area contributed by atoms with Gasteiger partial charge in [-0.3, -0.25) is 14.0 Å². The fraction of sp³-hybridized carbons (Fsp3) is 0.278. The summed E-state index contributed by atoms with van der Waals surface area (Å²) in [7, 11) is 1.68. The van der Waals surface area contributed by atoms with Crippen LogP contribution in [0, 0.1) is 6.92 Å². The summed E-state index contributed by atoms with van der Waals surface area (Å²) in [6.45, 7) is 2.30. The topological polar surface area (TPSA) is 88.6 Å². The van der Waals surface area contributed by atoms with Crippen molar-refractivity contribution in [3.63, 3.8) is 0 Å². The molecule has 0 atom stereocenters. The van der Waals surface area contributed by atoms with Crippen molar-refractivity contribution in [2.24, 2.45) is 7.05 Å². The maximum Gasteiger partial charge on any atom is 0.303 e. The zero-order chi connectivity index (χ0) is 18.8. The number of aliphatic carboxylic acids is 1. The Morgan fingerprint density at radius 1 is 1.35 bits per heavy atom. The summed E-state index contributed by atoms with van der Waals surface area (Å²) < 4.78 is 3.35. The highest BCUT2D eigenvalue weighted by atomic mass is 35.5. The smallest absolute Gasteiger partial charge is 0.303 e. The number of aryl methyl sites for hydroxylation is 2. The first-order chi connectivity index (χ1) is 12.4. The van der Waals surface area contributed by atoms with Crippen molar-refractivity contribution in [2.75, 3.05) is 11.9 Å². The first kappa shape index (κ1) is 18.0. The van der Waals surface area contributed by atoms with Gasteiger partial charge in [-0.05, 0) is 37.6 Å². The second-order valence-corrected chi connectivity index (χ2v) is 6.44. The predicted molar refractivity (Wildman–Crippen MR) is 101 cm³/mol. The van der Waals surface area contributed by atoms with Crippen LogP contribution in [0.25, 0.3) is 16.9 Å². The molecule has 3 aromatic heterocycles. The lowest BCUT2D eigenvalue weighted by Crippen LogP contribution is -2.18. The van der Waals surface area contributed by atoms with E-state index < -0.39 is 5.97 Å². The van der Waals surface area contributed by atoms with Crippen LogP contribution >= 0.6 is 11.6 Å². The second kappa shape index (κ2) is 7.21. The quantitative estimate of drug-likeness (QED) is 0.647. The van der Waals surface area contributed by atoms with Crippen LogP contribution in [0.15, 0.2) is 35.3 Å². The Kier molecular flexibility index (Phi) is 4.99. The number of pyridine rings is 2. The molecule has 3 heterocycles. The van der Waals surface area contributed by atoms with E-state index in [1.807, 2.05) is 11.3 Å². The molecule has 0 spiro atoms. The lowest BCUT2D eigenvalue weighted by atomic mass is 10.2. The van der Waals surface area contributed by atoms with Gasteiger partial charge in [0.15, 0.2) is 0 Å². The number of hydrogen-bond donors (Lipinski definition) is 2. The first-order valence-electron chi connectivity index (χ1n) is 8.19.